The van der Waals surface area contributed by atoms with Gasteiger partial charge in [-0.2, -0.15) is 9.97 Å². The lowest BCUT2D eigenvalue weighted by atomic mass is 9.95. The number of hydrogen-bond donors (Lipinski definition) is 1. The van der Waals surface area contributed by atoms with Crippen molar-refractivity contribution >= 4 is 37.5 Å². The summed E-state index contributed by atoms with van der Waals surface area (Å²) in [6.45, 7) is 3.31. The summed E-state index contributed by atoms with van der Waals surface area (Å²) < 4.78 is 74.9. The molecule has 2 aromatic carbocycles. The number of benzene rings is 2. The van der Waals surface area contributed by atoms with Gasteiger partial charge in [-0.15, -0.1) is 0 Å². The van der Waals surface area contributed by atoms with E-state index in [-0.39, 0.29) is 50.9 Å². The molecule has 0 radical (unpaired) electrons. The van der Waals surface area contributed by atoms with Crippen LogP contribution in [0.1, 0.15) is 50.5 Å². The summed E-state index contributed by atoms with van der Waals surface area (Å²) in [7, 11) is -3.69. The van der Waals surface area contributed by atoms with Gasteiger partial charge in [-0.25, -0.2) is 26.7 Å². The molecule has 4 aromatic rings. The lowest BCUT2D eigenvalue weighted by molar-refractivity contribution is 0.108. The molecule has 45 heavy (non-hydrogen) atoms. The predicted octanol–water partition coefficient (Wildman–Crippen LogP) is 5.43. The number of aromatic nitrogens is 3. The first kappa shape index (κ1) is 30.1. The fourth-order valence-electron chi connectivity index (χ4n) is 7.65. The van der Waals surface area contributed by atoms with Gasteiger partial charge in [0, 0.05) is 35.8 Å². The van der Waals surface area contributed by atoms with E-state index in [0.717, 1.165) is 38.8 Å². The Morgan fingerprint density at radius 3 is 2.53 bits per heavy atom. The highest BCUT2D eigenvalue weighted by Gasteiger charge is 2.45. The molecule has 3 fully saturated rings. The van der Waals surface area contributed by atoms with Crippen molar-refractivity contribution in [2.45, 2.75) is 50.5 Å². The molecule has 13 heteroatoms. The minimum absolute atomic E-state index is 0.0152. The fraction of sp³-hybridized carbons (Fsp3) is 0.469. The first-order valence-electron chi connectivity index (χ1n) is 15.4. The molecule has 1 unspecified atom stereocenters. The third-order valence-electron chi connectivity index (χ3n) is 9.64. The number of fused-ring (bicyclic) bond motifs is 3. The summed E-state index contributed by atoms with van der Waals surface area (Å²) in [5, 5.41) is 6.47. The predicted molar refractivity (Wildman–Crippen MR) is 166 cm³/mol. The smallest absolute Gasteiger partial charge is 0.319 e. The Morgan fingerprint density at radius 2 is 1.80 bits per heavy atom. The van der Waals surface area contributed by atoms with Crippen molar-refractivity contribution in [3.63, 3.8) is 0 Å². The highest BCUT2D eigenvalue weighted by molar-refractivity contribution is 7.89. The van der Waals surface area contributed by atoms with E-state index >= 15 is 4.39 Å². The maximum Gasteiger partial charge on any atom is 0.319 e. The first-order chi connectivity index (χ1) is 21.6. The Labute approximate surface area is 259 Å². The fourth-order valence-corrected chi connectivity index (χ4v) is 8.58. The number of sulfonamides is 1. The van der Waals surface area contributed by atoms with Gasteiger partial charge in [-0.1, -0.05) is 36.4 Å². The van der Waals surface area contributed by atoms with E-state index < -0.39 is 22.3 Å². The molecule has 3 saturated heterocycles. The van der Waals surface area contributed by atoms with Crippen molar-refractivity contribution in [3.8, 4) is 17.3 Å². The number of nitrogens with zero attached hydrogens (tertiary/aromatic N) is 5. The lowest BCUT2D eigenvalue weighted by Crippen LogP contribution is -2.43. The Hall–Kier alpha value is -3.55. The second-order valence-corrected chi connectivity index (χ2v) is 14.2. The van der Waals surface area contributed by atoms with Crippen LogP contribution in [0.15, 0.2) is 42.6 Å². The van der Waals surface area contributed by atoms with Crippen molar-refractivity contribution in [1.29, 1.82) is 0 Å². The number of anilines is 1. The number of rotatable bonds is 8. The van der Waals surface area contributed by atoms with Crippen molar-refractivity contribution in [1.82, 2.24) is 19.9 Å². The van der Waals surface area contributed by atoms with Crippen molar-refractivity contribution < 1.29 is 26.3 Å². The summed E-state index contributed by atoms with van der Waals surface area (Å²) in [5.41, 5.74) is -0.196. The van der Waals surface area contributed by atoms with E-state index in [4.69, 9.17) is 14.9 Å². The highest BCUT2D eigenvalue weighted by atomic mass is 32.2. The zero-order valence-electron chi connectivity index (χ0n) is 24.8. The van der Waals surface area contributed by atoms with E-state index in [9.17, 15) is 17.2 Å². The molecule has 238 valence electrons. The first-order valence-corrected chi connectivity index (χ1v) is 17.1. The number of piperidine rings is 1. The minimum atomic E-state index is -3.69. The Morgan fingerprint density at radius 1 is 1.04 bits per heavy atom. The molecular weight excluding hydrogens is 605 g/mol. The van der Waals surface area contributed by atoms with Gasteiger partial charge in [0.25, 0.3) is 6.43 Å². The summed E-state index contributed by atoms with van der Waals surface area (Å²) in [6, 6.07) is 9.59. The number of nitrogens with two attached hydrogens (primary N) is 1. The molecule has 2 N–H and O–H groups in total. The molecule has 2 aromatic heterocycles. The van der Waals surface area contributed by atoms with E-state index in [1.54, 1.807) is 30.3 Å². The van der Waals surface area contributed by atoms with Crippen LogP contribution in [-0.2, 0) is 10.0 Å². The monoisotopic (exact) mass is 640 g/mol. The van der Waals surface area contributed by atoms with E-state index in [1.165, 1.54) is 12.3 Å². The minimum Gasteiger partial charge on any atom is -0.461 e. The zero-order chi connectivity index (χ0) is 31.3. The topological polar surface area (TPSA) is 115 Å². The van der Waals surface area contributed by atoms with Crippen molar-refractivity contribution in [2.24, 2.45) is 11.1 Å². The Bertz CT molecular complexity index is 1860. The summed E-state index contributed by atoms with van der Waals surface area (Å²) >= 11 is 0. The molecule has 3 aliphatic heterocycles. The van der Waals surface area contributed by atoms with Crippen LogP contribution in [0.2, 0.25) is 0 Å². The summed E-state index contributed by atoms with van der Waals surface area (Å²) in [4.78, 5) is 18.1. The van der Waals surface area contributed by atoms with Gasteiger partial charge in [-0.3, -0.25) is 9.88 Å². The largest absolute Gasteiger partial charge is 0.461 e. The molecular formula is C32H35F3N6O3S. The summed E-state index contributed by atoms with van der Waals surface area (Å²) in [5.74, 6) is -0.769. The molecule has 0 saturated carbocycles. The third kappa shape index (κ3) is 5.70. The van der Waals surface area contributed by atoms with Crippen LogP contribution in [0.25, 0.3) is 32.9 Å². The van der Waals surface area contributed by atoms with Crippen LogP contribution in [0, 0.1) is 11.7 Å². The molecule has 0 bridgehead atoms. The third-order valence-corrected chi connectivity index (χ3v) is 10.6. The molecule has 3 aliphatic rings. The maximum absolute atomic E-state index is 16.7. The number of primary sulfonamides is 1. The lowest BCUT2D eigenvalue weighted by Gasteiger charge is -2.34. The number of hydrogen-bond acceptors (Lipinski definition) is 8. The molecule has 0 aliphatic carbocycles. The van der Waals surface area contributed by atoms with Crippen LogP contribution in [0.3, 0.4) is 0 Å². The zero-order valence-corrected chi connectivity index (χ0v) is 25.6. The van der Waals surface area contributed by atoms with Gasteiger partial charge >= 0.3 is 6.01 Å². The van der Waals surface area contributed by atoms with Gasteiger partial charge in [0.15, 0.2) is 5.82 Å². The molecule has 1 atom stereocenters. The Kier molecular flexibility index (Phi) is 7.81. The van der Waals surface area contributed by atoms with Crippen molar-refractivity contribution in [3.05, 3.63) is 54.0 Å². The number of ether oxygens (including phenoxy) is 1. The molecule has 9 nitrogen and oxygen atoms in total. The average molecular weight is 641 g/mol. The van der Waals surface area contributed by atoms with Crippen molar-refractivity contribution in [2.75, 3.05) is 43.4 Å². The van der Waals surface area contributed by atoms with E-state index in [0.29, 0.717) is 49.1 Å². The van der Waals surface area contributed by atoms with E-state index in [2.05, 4.69) is 14.9 Å². The second-order valence-electron chi connectivity index (χ2n) is 12.6. The summed E-state index contributed by atoms with van der Waals surface area (Å²) in [6.07, 6.45) is 4.26. The van der Waals surface area contributed by atoms with E-state index in [1.807, 2.05) is 4.90 Å². The standard InChI is InChI=1S/C32H35F3N6O3S/c33-26-27(22-9-1-7-21-8-2-10-23(25(21)22)29(34)35)37-16-24-28(26)38-31(44-19-32-11-4-14-41(32)15-5-12-32)39-30(24)40-13-3-6-20(17-40)18-45(36,42)43/h1-2,7-10,16,20,29H,3-6,11-15,17-19H2,(H2,36,42,43). The SMILES string of the molecule is NS(=O)(=O)CC1CCCN(c2nc(OCC34CCCN3CCC4)nc3c(F)c(-c4cccc5cccc(C(F)F)c45)ncc23)C1. The van der Waals surface area contributed by atoms with Gasteiger partial charge in [-0.05, 0) is 62.9 Å². The number of pyridine rings is 1. The van der Waals surface area contributed by atoms with Crippen LogP contribution in [0.4, 0.5) is 19.0 Å². The average Bonchev–Trinajstić information content (AvgIpc) is 3.59. The van der Waals surface area contributed by atoms with Gasteiger partial charge < -0.3 is 9.64 Å². The van der Waals surface area contributed by atoms with Crippen LogP contribution < -0.4 is 14.8 Å². The highest BCUT2D eigenvalue weighted by Crippen LogP contribution is 2.41. The maximum atomic E-state index is 16.7. The van der Waals surface area contributed by atoms with Gasteiger partial charge in [0.05, 0.1) is 16.7 Å². The quantitative estimate of drug-likeness (QED) is 0.271. The normalized spacial score (nSPS) is 20.4. The number of alkyl halides is 2. The second kappa shape index (κ2) is 11.7. The van der Waals surface area contributed by atoms with Crippen LogP contribution in [0.5, 0.6) is 6.01 Å². The van der Waals surface area contributed by atoms with Crippen LogP contribution in [-0.4, -0.2) is 72.3 Å². The molecule has 0 spiro atoms. The number of halogens is 3. The molecule has 0 amide bonds. The Balaban J connectivity index is 1.35. The van der Waals surface area contributed by atoms with Gasteiger partial charge in [0.2, 0.25) is 10.0 Å². The van der Waals surface area contributed by atoms with Crippen LogP contribution >= 0.6 is 0 Å². The molecule has 7 rings (SSSR count). The molecule has 5 heterocycles. The van der Waals surface area contributed by atoms with Gasteiger partial charge in [0.1, 0.15) is 23.6 Å².